The zero-order chi connectivity index (χ0) is 14.1. The zero-order valence-corrected chi connectivity index (χ0v) is 10.2. The minimum atomic E-state index is -1.46. The topological polar surface area (TPSA) is 49.1 Å². The number of hydrogen-bond acceptors (Lipinski definition) is 4. The lowest BCUT2D eigenvalue weighted by atomic mass is 10.1. The number of rotatable bonds is 3. The average molecular weight is 278 g/mol. The maximum Gasteiger partial charge on any atom is 0.194 e. The Morgan fingerprint density at radius 2 is 1.85 bits per heavy atom. The predicted molar refractivity (Wildman–Crippen MR) is 69.2 cm³/mol. The molecule has 0 saturated heterocycles. The highest BCUT2D eigenvalue weighted by Crippen LogP contribution is 2.16. The van der Waals surface area contributed by atoms with E-state index in [0.717, 1.165) is 23.5 Å². The first-order valence-electron chi connectivity index (χ1n) is 5.87. The molecule has 4 nitrogen and oxygen atoms in total. The van der Waals surface area contributed by atoms with Crippen LogP contribution in [-0.2, 0) is 6.54 Å². The van der Waals surface area contributed by atoms with Crippen LogP contribution in [0.4, 0.5) is 13.2 Å². The van der Waals surface area contributed by atoms with Crippen LogP contribution in [0.1, 0.15) is 12.0 Å². The molecule has 2 heterocycles. The lowest BCUT2D eigenvalue weighted by Gasteiger charge is -2.13. The van der Waals surface area contributed by atoms with E-state index in [1.165, 1.54) is 6.34 Å². The molecule has 0 atom stereocenters. The van der Waals surface area contributed by atoms with Crippen LogP contribution in [0.5, 0.6) is 0 Å². The SMILES string of the molecule is Fc1cc(CNC2=CN=C3N=CN=C3C2)cc(F)c1F. The first kappa shape index (κ1) is 12.6. The molecule has 20 heavy (non-hydrogen) atoms. The number of halogens is 3. The minimum absolute atomic E-state index is 0.166. The van der Waals surface area contributed by atoms with Crippen LogP contribution in [0.2, 0.25) is 0 Å². The van der Waals surface area contributed by atoms with E-state index in [0.29, 0.717) is 17.8 Å². The number of aliphatic imine (C=N–C) groups is 3. The van der Waals surface area contributed by atoms with Gasteiger partial charge in [0, 0.05) is 24.9 Å². The van der Waals surface area contributed by atoms with Crippen molar-refractivity contribution in [3.8, 4) is 0 Å². The van der Waals surface area contributed by atoms with Gasteiger partial charge >= 0.3 is 0 Å². The molecule has 3 rings (SSSR count). The second-order valence-corrected chi connectivity index (χ2v) is 4.33. The van der Waals surface area contributed by atoms with Crippen molar-refractivity contribution in [2.75, 3.05) is 0 Å². The predicted octanol–water partition coefficient (Wildman–Crippen LogP) is 2.32. The normalized spacial score (nSPS) is 16.4. The number of allylic oxidation sites excluding steroid dienone is 1. The molecule has 0 spiro atoms. The molecule has 0 fully saturated rings. The maximum atomic E-state index is 13.1. The third kappa shape index (κ3) is 2.34. The van der Waals surface area contributed by atoms with E-state index in [1.54, 1.807) is 6.20 Å². The van der Waals surface area contributed by atoms with Crippen molar-refractivity contribution >= 4 is 17.9 Å². The summed E-state index contributed by atoms with van der Waals surface area (Å²) in [4.78, 5) is 12.1. The van der Waals surface area contributed by atoms with Crippen molar-refractivity contribution in [3.05, 3.63) is 47.0 Å². The van der Waals surface area contributed by atoms with Gasteiger partial charge in [-0.05, 0) is 17.7 Å². The summed E-state index contributed by atoms with van der Waals surface area (Å²) in [5, 5.41) is 2.99. The average Bonchev–Trinajstić information content (AvgIpc) is 2.89. The monoisotopic (exact) mass is 278 g/mol. The molecule has 0 unspecified atom stereocenters. The number of nitrogens with one attached hydrogen (secondary N) is 1. The zero-order valence-electron chi connectivity index (χ0n) is 10.2. The Morgan fingerprint density at radius 3 is 2.60 bits per heavy atom. The summed E-state index contributed by atoms with van der Waals surface area (Å²) in [6, 6.07) is 1.92. The molecule has 0 aliphatic carbocycles. The van der Waals surface area contributed by atoms with Gasteiger partial charge in [-0.15, -0.1) is 0 Å². The van der Waals surface area contributed by atoms with Crippen LogP contribution in [0.15, 0.2) is 39.0 Å². The lowest BCUT2D eigenvalue weighted by Crippen LogP contribution is -2.21. The molecular weight excluding hydrogens is 269 g/mol. The van der Waals surface area contributed by atoms with Gasteiger partial charge in [0.05, 0.1) is 5.71 Å². The van der Waals surface area contributed by atoms with Crippen LogP contribution in [-0.4, -0.2) is 17.9 Å². The van der Waals surface area contributed by atoms with Crippen LogP contribution in [0.3, 0.4) is 0 Å². The molecule has 2 aliphatic heterocycles. The van der Waals surface area contributed by atoms with Crippen molar-refractivity contribution in [2.45, 2.75) is 13.0 Å². The Balaban J connectivity index is 1.69. The maximum absolute atomic E-state index is 13.1. The summed E-state index contributed by atoms with van der Waals surface area (Å²) in [7, 11) is 0. The number of nitrogens with zero attached hydrogens (tertiary/aromatic N) is 3. The van der Waals surface area contributed by atoms with Gasteiger partial charge < -0.3 is 5.32 Å². The second-order valence-electron chi connectivity index (χ2n) is 4.33. The molecule has 0 bridgehead atoms. The van der Waals surface area contributed by atoms with E-state index in [9.17, 15) is 13.2 Å². The Hall–Kier alpha value is -2.44. The summed E-state index contributed by atoms with van der Waals surface area (Å²) in [5.74, 6) is -3.28. The van der Waals surface area contributed by atoms with Crippen LogP contribution < -0.4 is 5.32 Å². The summed E-state index contributed by atoms with van der Waals surface area (Å²) >= 11 is 0. The van der Waals surface area contributed by atoms with E-state index < -0.39 is 17.5 Å². The number of fused-ring (bicyclic) bond motifs is 1. The molecule has 102 valence electrons. The highest BCUT2D eigenvalue weighted by molar-refractivity contribution is 6.47. The number of hydrogen-bond donors (Lipinski definition) is 1. The Labute approximate surface area is 112 Å². The molecule has 7 heteroatoms. The van der Waals surface area contributed by atoms with Crippen molar-refractivity contribution in [1.29, 1.82) is 0 Å². The molecule has 1 N–H and O–H groups in total. The fraction of sp³-hybridized carbons (Fsp3) is 0.154. The fourth-order valence-electron chi connectivity index (χ4n) is 1.92. The highest BCUT2D eigenvalue weighted by atomic mass is 19.2. The molecule has 0 aromatic heterocycles. The van der Waals surface area contributed by atoms with Crippen molar-refractivity contribution in [1.82, 2.24) is 5.32 Å². The van der Waals surface area contributed by atoms with Crippen LogP contribution in [0, 0.1) is 17.5 Å². The quantitative estimate of drug-likeness (QED) is 0.847. The standard InChI is InChI=1S/C13H9F3N4/c14-9-1-7(2-10(15)12(9)16)4-17-8-3-11-13(18-5-8)20-6-19-11/h1-2,5-6,17H,3-4H2. The lowest BCUT2D eigenvalue weighted by molar-refractivity contribution is 0.444. The number of benzene rings is 1. The van der Waals surface area contributed by atoms with Gasteiger partial charge in [0.1, 0.15) is 6.34 Å². The third-order valence-corrected chi connectivity index (χ3v) is 2.92. The van der Waals surface area contributed by atoms with E-state index in [2.05, 4.69) is 20.3 Å². The van der Waals surface area contributed by atoms with Gasteiger partial charge in [-0.25, -0.2) is 28.1 Å². The van der Waals surface area contributed by atoms with Gasteiger partial charge in [-0.1, -0.05) is 0 Å². The second kappa shape index (κ2) is 4.92. The molecule has 0 amide bonds. The minimum Gasteiger partial charge on any atom is -0.383 e. The summed E-state index contributed by atoms with van der Waals surface area (Å²) in [5.41, 5.74) is 1.80. The van der Waals surface area contributed by atoms with E-state index >= 15 is 0 Å². The van der Waals surface area contributed by atoms with Crippen molar-refractivity contribution in [2.24, 2.45) is 15.0 Å². The molecule has 2 aliphatic rings. The molecule has 0 saturated carbocycles. The Bertz CT molecular complexity index is 666. The first-order valence-corrected chi connectivity index (χ1v) is 5.87. The number of amidine groups is 1. The van der Waals surface area contributed by atoms with Crippen LogP contribution in [0.25, 0.3) is 0 Å². The molecule has 1 aromatic carbocycles. The van der Waals surface area contributed by atoms with Gasteiger partial charge in [-0.3, -0.25) is 0 Å². The van der Waals surface area contributed by atoms with Crippen molar-refractivity contribution < 1.29 is 13.2 Å². The Kier molecular flexibility index (Phi) is 3.09. The largest absolute Gasteiger partial charge is 0.383 e. The molecule has 1 aromatic rings. The highest BCUT2D eigenvalue weighted by Gasteiger charge is 2.17. The van der Waals surface area contributed by atoms with Crippen LogP contribution >= 0.6 is 0 Å². The van der Waals surface area contributed by atoms with Gasteiger partial charge in [-0.2, -0.15) is 0 Å². The summed E-state index contributed by atoms with van der Waals surface area (Å²) in [6.07, 6.45) is 3.54. The van der Waals surface area contributed by atoms with Gasteiger partial charge in [0.25, 0.3) is 0 Å². The summed E-state index contributed by atoms with van der Waals surface area (Å²) in [6.45, 7) is 0.166. The molecule has 0 radical (unpaired) electrons. The van der Waals surface area contributed by atoms with Gasteiger partial charge in [0.2, 0.25) is 0 Å². The summed E-state index contributed by atoms with van der Waals surface area (Å²) < 4.78 is 39.0. The first-order chi connectivity index (χ1) is 9.63. The Morgan fingerprint density at radius 1 is 1.10 bits per heavy atom. The smallest absolute Gasteiger partial charge is 0.194 e. The third-order valence-electron chi connectivity index (χ3n) is 2.92. The molecular formula is C13H9F3N4. The van der Waals surface area contributed by atoms with E-state index in [-0.39, 0.29) is 6.54 Å². The van der Waals surface area contributed by atoms with E-state index in [4.69, 9.17) is 0 Å². The fourth-order valence-corrected chi connectivity index (χ4v) is 1.92. The van der Waals surface area contributed by atoms with E-state index in [1.807, 2.05) is 0 Å². The van der Waals surface area contributed by atoms with Crippen molar-refractivity contribution in [3.63, 3.8) is 0 Å². The van der Waals surface area contributed by atoms with Gasteiger partial charge in [0.15, 0.2) is 23.3 Å².